The quantitative estimate of drug-likeness (QED) is 0.846. The van der Waals surface area contributed by atoms with E-state index < -0.39 is 0 Å². The van der Waals surface area contributed by atoms with Crippen LogP contribution >= 0.6 is 0 Å². The highest BCUT2D eigenvalue weighted by Gasteiger charge is 2.23. The molecule has 0 amide bonds. The van der Waals surface area contributed by atoms with Crippen LogP contribution in [-0.2, 0) is 6.42 Å². The van der Waals surface area contributed by atoms with Crippen LogP contribution in [0.5, 0.6) is 5.75 Å². The lowest BCUT2D eigenvalue weighted by Crippen LogP contribution is -2.42. The molecule has 0 saturated carbocycles. The third-order valence-electron chi connectivity index (χ3n) is 3.14. The van der Waals surface area contributed by atoms with E-state index in [0.29, 0.717) is 12.6 Å². The Morgan fingerprint density at radius 3 is 2.18 bits per heavy atom. The normalized spacial score (nSPS) is 13.5. The first-order valence-corrected chi connectivity index (χ1v) is 6.36. The number of ether oxygens (including phenoxy) is 1. The molecule has 0 aliphatic carbocycles. The predicted octanol–water partition coefficient (Wildman–Crippen LogP) is 3.26. The second-order valence-electron chi connectivity index (χ2n) is 5.52. The summed E-state index contributed by atoms with van der Waals surface area (Å²) in [6.07, 6.45) is 1.07. The van der Waals surface area contributed by atoms with Gasteiger partial charge in [0.2, 0.25) is 0 Å². The van der Waals surface area contributed by atoms with Crippen molar-refractivity contribution in [1.29, 1.82) is 0 Å². The molecule has 1 unspecified atom stereocenters. The topological polar surface area (TPSA) is 21.3 Å². The molecule has 0 aliphatic heterocycles. The fraction of sp³-hybridized carbons (Fsp3) is 0.600. The summed E-state index contributed by atoms with van der Waals surface area (Å²) in [4.78, 5) is 0. The van der Waals surface area contributed by atoms with Gasteiger partial charge in [0, 0.05) is 6.04 Å². The van der Waals surface area contributed by atoms with Gasteiger partial charge < -0.3 is 10.1 Å². The molecule has 0 fully saturated rings. The molecule has 17 heavy (non-hydrogen) atoms. The van der Waals surface area contributed by atoms with Crippen molar-refractivity contribution in [3.8, 4) is 5.75 Å². The summed E-state index contributed by atoms with van der Waals surface area (Å²) in [5, 5.41) is 3.31. The number of hydrogen-bond donors (Lipinski definition) is 1. The van der Waals surface area contributed by atoms with Gasteiger partial charge in [0.15, 0.2) is 0 Å². The van der Waals surface area contributed by atoms with Crippen molar-refractivity contribution < 1.29 is 4.74 Å². The first kappa shape index (κ1) is 14.0. The third kappa shape index (κ3) is 4.39. The number of nitrogens with one attached hydrogen (secondary N) is 1. The summed E-state index contributed by atoms with van der Waals surface area (Å²) in [6.45, 7) is 9.52. The van der Waals surface area contributed by atoms with Crippen LogP contribution in [0.2, 0.25) is 0 Å². The Hall–Kier alpha value is -1.02. The lowest BCUT2D eigenvalue weighted by Gasteiger charge is -2.30. The summed E-state index contributed by atoms with van der Waals surface area (Å²) in [5.41, 5.74) is 1.55. The van der Waals surface area contributed by atoms with E-state index in [2.05, 4.69) is 45.1 Å². The molecule has 0 aliphatic rings. The van der Waals surface area contributed by atoms with E-state index in [1.807, 2.05) is 19.2 Å². The van der Waals surface area contributed by atoms with Crippen molar-refractivity contribution in [2.75, 3.05) is 13.7 Å². The molecule has 1 aromatic rings. The van der Waals surface area contributed by atoms with Crippen molar-refractivity contribution in [3.05, 3.63) is 29.8 Å². The van der Waals surface area contributed by atoms with Crippen LogP contribution in [0.3, 0.4) is 0 Å². The molecule has 0 aromatic heterocycles. The van der Waals surface area contributed by atoms with Gasteiger partial charge in [0.1, 0.15) is 12.4 Å². The predicted molar refractivity (Wildman–Crippen MR) is 73.6 cm³/mol. The van der Waals surface area contributed by atoms with Gasteiger partial charge in [0.05, 0.1) is 0 Å². The zero-order chi connectivity index (χ0) is 12.9. The number of likely N-dealkylation sites (N-methyl/N-ethyl adjacent to an activating group) is 1. The smallest absolute Gasteiger partial charge is 0.119 e. The fourth-order valence-corrected chi connectivity index (χ4v) is 1.77. The largest absolute Gasteiger partial charge is 0.492 e. The molecular weight excluding hydrogens is 210 g/mol. The number of rotatable bonds is 5. The van der Waals surface area contributed by atoms with E-state index in [9.17, 15) is 0 Å². The summed E-state index contributed by atoms with van der Waals surface area (Å²) in [6, 6.07) is 8.71. The van der Waals surface area contributed by atoms with Gasteiger partial charge in [-0.1, -0.05) is 39.8 Å². The number of hydrogen-bond acceptors (Lipinski definition) is 2. The Morgan fingerprint density at radius 2 is 1.76 bits per heavy atom. The number of aryl methyl sites for hydroxylation is 1. The molecule has 0 bridgehead atoms. The molecule has 0 spiro atoms. The van der Waals surface area contributed by atoms with E-state index in [0.717, 1.165) is 12.2 Å². The standard InChI is InChI=1S/C15H25NO/c1-6-12-7-9-13(10-8-12)17-11-14(16-5)15(2,3)4/h7-10,14,16H,6,11H2,1-5H3. The van der Waals surface area contributed by atoms with Crippen LogP contribution in [0.4, 0.5) is 0 Å². The van der Waals surface area contributed by atoms with E-state index in [-0.39, 0.29) is 5.41 Å². The van der Waals surface area contributed by atoms with E-state index in [1.54, 1.807) is 0 Å². The van der Waals surface area contributed by atoms with Crippen molar-refractivity contribution in [3.63, 3.8) is 0 Å². The third-order valence-corrected chi connectivity index (χ3v) is 3.14. The second kappa shape index (κ2) is 6.06. The fourth-order valence-electron chi connectivity index (χ4n) is 1.77. The average molecular weight is 235 g/mol. The highest BCUT2D eigenvalue weighted by atomic mass is 16.5. The van der Waals surface area contributed by atoms with Crippen LogP contribution < -0.4 is 10.1 Å². The second-order valence-corrected chi connectivity index (χ2v) is 5.52. The Balaban J connectivity index is 2.54. The maximum atomic E-state index is 5.82. The first-order valence-electron chi connectivity index (χ1n) is 6.36. The van der Waals surface area contributed by atoms with Gasteiger partial charge in [0.25, 0.3) is 0 Å². The molecule has 1 rings (SSSR count). The van der Waals surface area contributed by atoms with E-state index in [1.165, 1.54) is 5.56 Å². The van der Waals surface area contributed by atoms with Crippen LogP contribution in [-0.4, -0.2) is 19.7 Å². The van der Waals surface area contributed by atoms with Crippen molar-refractivity contribution >= 4 is 0 Å². The summed E-state index contributed by atoms with van der Waals surface area (Å²) in [5.74, 6) is 0.951. The molecule has 2 nitrogen and oxygen atoms in total. The minimum Gasteiger partial charge on any atom is -0.492 e. The van der Waals surface area contributed by atoms with Crippen molar-refractivity contribution in [2.45, 2.75) is 40.2 Å². The Labute approximate surface area is 105 Å². The molecule has 0 saturated heterocycles. The van der Waals surface area contributed by atoms with Crippen LogP contribution in [0, 0.1) is 5.41 Å². The van der Waals surface area contributed by atoms with E-state index >= 15 is 0 Å². The molecule has 0 heterocycles. The Kier molecular flexibility index (Phi) is 5.01. The molecular formula is C15H25NO. The summed E-state index contributed by atoms with van der Waals surface area (Å²) < 4.78 is 5.82. The summed E-state index contributed by atoms with van der Waals surface area (Å²) in [7, 11) is 1.99. The molecule has 96 valence electrons. The lowest BCUT2D eigenvalue weighted by atomic mass is 9.87. The van der Waals surface area contributed by atoms with Gasteiger partial charge >= 0.3 is 0 Å². The zero-order valence-corrected chi connectivity index (χ0v) is 11.7. The molecule has 2 heteroatoms. The minimum atomic E-state index is 0.206. The SMILES string of the molecule is CCc1ccc(OCC(NC)C(C)(C)C)cc1. The maximum Gasteiger partial charge on any atom is 0.119 e. The molecule has 1 atom stereocenters. The maximum absolute atomic E-state index is 5.82. The van der Waals surface area contributed by atoms with Gasteiger partial charge in [-0.15, -0.1) is 0 Å². The van der Waals surface area contributed by atoms with Crippen molar-refractivity contribution in [1.82, 2.24) is 5.32 Å². The van der Waals surface area contributed by atoms with Gasteiger partial charge in [-0.3, -0.25) is 0 Å². The average Bonchev–Trinajstić information content (AvgIpc) is 2.29. The Bertz CT molecular complexity index is 324. The van der Waals surface area contributed by atoms with Gasteiger partial charge in [-0.2, -0.15) is 0 Å². The molecule has 1 aromatic carbocycles. The summed E-state index contributed by atoms with van der Waals surface area (Å²) >= 11 is 0. The highest BCUT2D eigenvalue weighted by molar-refractivity contribution is 5.27. The van der Waals surface area contributed by atoms with Gasteiger partial charge in [-0.25, -0.2) is 0 Å². The van der Waals surface area contributed by atoms with Gasteiger partial charge in [-0.05, 0) is 36.6 Å². The lowest BCUT2D eigenvalue weighted by molar-refractivity contribution is 0.181. The highest BCUT2D eigenvalue weighted by Crippen LogP contribution is 2.20. The molecule has 0 radical (unpaired) electrons. The van der Waals surface area contributed by atoms with E-state index in [4.69, 9.17) is 4.74 Å². The molecule has 1 N–H and O–H groups in total. The van der Waals surface area contributed by atoms with Crippen molar-refractivity contribution in [2.24, 2.45) is 5.41 Å². The monoisotopic (exact) mass is 235 g/mol. The van der Waals surface area contributed by atoms with Crippen LogP contribution in [0.1, 0.15) is 33.3 Å². The van der Waals surface area contributed by atoms with Crippen LogP contribution in [0.15, 0.2) is 24.3 Å². The Morgan fingerprint density at radius 1 is 1.18 bits per heavy atom. The number of benzene rings is 1. The first-order chi connectivity index (χ1) is 7.97. The zero-order valence-electron chi connectivity index (χ0n) is 11.7. The minimum absolute atomic E-state index is 0.206. The van der Waals surface area contributed by atoms with Crippen LogP contribution in [0.25, 0.3) is 0 Å².